The van der Waals surface area contributed by atoms with Crippen LogP contribution in [0.1, 0.15) is 48.7 Å². The van der Waals surface area contributed by atoms with E-state index < -0.39 is 11.4 Å². The third kappa shape index (κ3) is 3.38. The normalized spacial score (nSPS) is 17.6. The first-order chi connectivity index (χ1) is 14.4. The molecule has 1 amide bonds. The highest BCUT2D eigenvalue weighted by atomic mass is 32.1. The molecule has 1 aliphatic carbocycles. The summed E-state index contributed by atoms with van der Waals surface area (Å²) < 4.78 is 0. The molecule has 2 aromatic carbocycles. The fourth-order valence-electron chi connectivity index (χ4n) is 4.10. The molecule has 150 valence electrons. The zero-order valence-electron chi connectivity index (χ0n) is 16.4. The summed E-state index contributed by atoms with van der Waals surface area (Å²) in [6.07, 6.45) is 1.47. The first-order valence-corrected chi connectivity index (χ1v) is 10.5. The summed E-state index contributed by atoms with van der Waals surface area (Å²) in [6, 6.07) is 19.3. The van der Waals surface area contributed by atoms with E-state index in [1.807, 2.05) is 49.4 Å². The number of hydrogen-bond donors (Lipinski definition) is 2. The van der Waals surface area contributed by atoms with E-state index >= 15 is 0 Å². The summed E-state index contributed by atoms with van der Waals surface area (Å²) in [5, 5.41) is 23.0. The number of benzene rings is 2. The smallest absolute Gasteiger partial charge is 0.339 e. The summed E-state index contributed by atoms with van der Waals surface area (Å²) in [5.74, 6) is -1.39. The monoisotopic (exact) mass is 416 g/mol. The number of nitrogens with zero attached hydrogens (tertiary/aromatic N) is 1. The second-order valence-corrected chi connectivity index (χ2v) is 8.62. The molecule has 0 saturated carbocycles. The van der Waals surface area contributed by atoms with E-state index in [-0.39, 0.29) is 11.5 Å². The van der Waals surface area contributed by atoms with E-state index in [4.69, 9.17) is 0 Å². The predicted molar refractivity (Wildman–Crippen MR) is 116 cm³/mol. The quantitative estimate of drug-likeness (QED) is 0.629. The molecule has 6 heteroatoms. The van der Waals surface area contributed by atoms with Gasteiger partial charge in [-0.3, -0.25) is 4.79 Å². The number of carboxylic acids is 1. The molecule has 5 nitrogen and oxygen atoms in total. The minimum atomic E-state index is -1.06. The summed E-state index contributed by atoms with van der Waals surface area (Å²) in [4.78, 5) is 25.7. The van der Waals surface area contributed by atoms with Gasteiger partial charge in [-0.2, -0.15) is 5.26 Å². The van der Waals surface area contributed by atoms with E-state index in [0.717, 1.165) is 21.6 Å². The molecule has 1 unspecified atom stereocenters. The van der Waals surface area contributed by atoms with E-state index in [9.17, 15) is 20.0 Å². The molecule has 2 N–H and O–H groups in total. The third-order valence-corrected chi connectivity index (χ3v) is 6.87. The van der Waals surface area contributed by atoms with Crippen molar-refractivity contribution in [3.63, 3.8) is 0 Å². The first kappa shape index (κ1) is 19.9. The Morgan fingerprint density at radius 3 is 2.50 bits per heavy atom. The highest BCUT2D eigenvalue weighted by Gasteiger charge is 2.40. The van der Waals surface area contributed by atoms with Crippen molar-refractivity contribution < 1.29 is 14.7 Å². The van der Waals surface area contributed by atoms with Crippen molar-refractivity contribution in [2.75, 3.05) is 5.32 Å². The number of amides is 1. The van der Waals surface area contributed by atoms with Crippen molar-refractivity contribution in [2.24, 2.45) is 0 Å². The number of carbonyl (C=O) groups is 2. The second kappa shape index (κ2) is 7.77. The molecule has 0 aliphatic heterocycles. The Bertz CT molecular complexity index is 1180. The van der Waals surface area contributed by atoms with Crippen molar-refractivity contribution >= 4 is 28.2 Å². The highest BCUT2D eigenvalue weighted by molar-refractivity contribution is 7.17. The van der Waals surface area contributed by atoms with Gasteiger partial charge in [-0.25, -0.2) is 4.79 Å². The second-order valence-electron chi connectivity index (χ2n) is 7.52. The lowest BCUT2D eigenvalue weighted by Gasteiger charge is -2.31. The molecular formula is C24H20N2O3S. The summed E-state index contributed by atoms with van der Waals surface area (Å²) >= 11 is 1.27. The lowest BCUT2D eigenvalue weighted by molar-refractivity contribution is 0.0697. The van der Waals surface area contributed by atoms with Crippen LogP contribution in [0.2, 0.25) is 0 Å². The van der Waals surface area contributed by atoms with Crippen LogP contribution in [0, 0.1) is 18.3 Å². The van der Waals surface area contributed by atoms with Crippen molar-refractivity contribution in [3.8, 4) is 6.07 Å². The molecule has 0 fully saturated rings. The molecule has 0 radical (unpaired) electrons. The number of carboxylic acid groups (broad SMARTS) is 1. The van der Waals surface area contributed by atoms with Crippen LogP contribution >= 0.6 is 11.3 Å². The average molecular weight is 417 g/mol. The Hall–Kier alpha value is -3.43. The summed E-state index contributed by atoms with van der Waals surface area (Å²) in [6.45, 7) is 1.84. The molecule has 1 atom stereocenters. The Kier molecular flexibility index (Phi) is 5.15. The zero-order chi connectivity index (χ0) is 21.3. The van der Waals surface area contributed by atoms with Crippen LogP contribution in [0.3, 0.4) is 0 Å². The molecule has 4 rings (SSSR count). The van der Waals surface area contributed by atoms with Crippen LogP contribution in [0.15, 0.2) is 54.6 Å². The molecule has 1 aliphatic rings. The standard InChI is InChI=1S/C24H20N2O3S/c1-15-7-5-6-10-17(15)21(27)26-22-20(23(28)29)18-11-12-24(14-25,13-19(18)30-22)16-8-3-2-4-9-16/h2-10H,11-13H2,1H3,(H,26,27)(H,28,29). The van der Waals surface area contributed by atoms with Gasteiger partial charge in [-0.1, -0.05) is 48.5 Å². The predicted octanol–water partition coefficient (Wildman–Crippen LogP) is 4.96. The van der Waals surface area contributed by atoms with Gasteiger partial charge in [0.2, 0.25) is 0 Å². The van der Waals surface area contributed by atoms with Crippen LogP contribution in [-0.2, 0) is 18.3 Å². The summed E-state index contributed by atoms with van der Waals surface area (Å²) in [7, 11) is 0. The number of nitriles is 1. The molecule has 30 heavy (non-hydrogen) atoms. The third-order valence-electron chi connectivity index (χ3n) is 5.73. The molecule has 3 aromatic rings. The van der Waals surface area contributed by atoms with E-state index in [1.165, 1.54) is 11.3 Å². The maximum atomic E-state index is 12.8. The molecule has 0 spiro atoms. The maximum absolute atomic E-state index is 12.8. The average Bonchev–Trinajstić information content (AvgIpc) is 3.11. The lowest BCUT2D eigenvalue weighted by atomic mass is 9.70. The van der Waals surface area contributed by atoms with E-state index in [1.54, 1.807) is 12.1 Å². The number of thiophene rings is 1. The van der Waals surface area contributed by atoms with Gasteiger partial charge in [0.1, 0.15) is 5.00 Å². The number of aromatic carboxylic acids is 1. The van der Waals surface area contributed by atoms with Crippen molar-refractivity contribution in [1.29, 1.82) is 5.26 Å². The minimum Gasteiger partial charge on any atom is -0.478 e. The van der Waals surface area contributed by atoms with Crippen LogP contribution in [0.5, 0.6) is 0 Å². The molecule has 0 bridgehead atoms. The topological polar surface area (TPSA) is 90.2 Å². The Morgan fingerprint density at radius 2 is 1.83 bits per heavy atom. The summed E-state index contributed by atoms with van der Waals surface area (Å²) in [5.41, 5.74) is 2.46. The van der Waals surface area contributed by atoms with Crippen LogP contribution in [0.4, 0.5) is 5.00 Å². The van der Waals surface area contributed by atoms with Crippen LogP contribution in [-0.4, -0.2) is 17.0 Å². The maximum Gasteiger partial charge on any atom is 0.339 e. The largest absolute Gasteiger partial charge is 0.478 e. The minimum absolute atomic E-state index is 0.150. The fourth-order valence-corrected chi connectivity index (χ4v) is 5.44. The number of carbonyl (C=O) groups excluding carboxylic acids is 1. The van der Waals surface area contributed by atoms with Crippen LogP contribution < -0.4 is 5.32 Å². The molecule has 1 aromatic heterocycles. The number of hydrogen-bond acceptors (Lipinski definition) is 4. The van der Waals surface area contributed by atoms with Gasteiger partial charge in [0, 0.05) is 16.9 Å². The molecule has 0 saturated heterocycles. The van der Waals surface area contributed by atoms with Gasteiger partial charge in [-0.15, -0.1) is 11.3 Å². The Labute approximate surface area is 178 Å². The number of aryl methyl sites for hydroxylation is 1. The van der Waals surface area contributed by atoms with Gasteiger partial charge >= 0.3 is 5.97 Å². The van der Waals surface area contributed by atoms with Crippen molar-refractivity contribution in [3.05, 3.63) is 87.3 Å². The number of rotatable bonds is 4. The SMILES string of the molecule is Cc1ccccc1C(=O)Nc1sc2c(c1C(=O)O)CCC(C#N)(c1ccccc1)C2. The zero-order valence-corrected chi connectivity index (χ0v) is 17.3. The van der Waals surface area contributed by atoms with Crippen molar-refractivity contribution in [1.82, 2.24) is 0 Å². The lowest BCUT2D eigenvalue weighted by Crippen LogP contribution is -2.31. The molecule has 1 heterocycles. The number of anilines is 1. The van der Waals surface area contributed by atoms with Gasteiger partial charge in [0.25, 0.3) is 5.91 Å². The van der Waals surface area contributed by atoms with E-state index in [0.29, 0.717) is 29.8 Å². The Morgan fingerprint density at radius 1 is 1.13 bits per heavy atom. The highest BCUT2D eigenvalue weighted by Crippen LogP contribution is 2.45. The van der Waals surface area contributed by atoms with Gasteiger partial charge in [-0.05, 0) is 42.5 Å². The van der Waals surface area contributed by atoms with Gasteiger partial charge in [0.15, 0.2) is 0 Å². The number of nitrogens with one attached hydrogen (secondary N) is 1. The molecular weight excluding hydrogens is 396 g/mol. The van der Waals surface area contributed by atoms with E-state index in [2.05, 4.69) is 11.4 Å². The van der Waals surface area contributed by atoms with Gasteiger partial charge < -0.3 is 10.4 Å². The van der Waals surface area contributed by atoms with Crippen molar-refractivity contribution in [2.45, 2.75) is 31.6 Å². The number of fused-ring (bicyclic) bond motifs is 1. The first-order valence-electron chi connectivity index (χ1n) is 9.67. The Balaban J connectivity index is 1.72. The fraction of sp³-hybridized carbons (Fsp3) is 0.208. The van der Waals surface area contributed by atoms with Gasteiger partial charge in [0.05, 0.1) is 17.0 Å². The van der Waals surface area contributed by atoms with Crippen LogP contribution in [0.25, 0.3) is 0 Å².